The highest BCUT2D eigenvalue weighted by atomic mass is 16.4. The van der Waals surface area contributed by atoms with E-state index in [1.165, 1.54) is 0 Å². The van der Waals surface area contributed by atoms with Gasteiger partial charge in [0.2, 0.25) is 17.7 Å². The fourth-order valence-corrected chi connectivity index (χ4v) is 0.676. The summed E-state index contributed by atoms with van der Waals surface area (Å²) < 4.78 is 0. The highest BCUT2D eigenvalue weighted by Crippen LogP contribution is 2.04. The fourth-order valence-electron chi connectivity index (χ4n) is 0.676. The van der Waals surface area contributed by atoms with Gasteiger partial charge in [-0.05, 0) is 0 Å². The number of nitrogens with zero attached hydrogens (tertiary/aromatic N) is 4. The van der Waals surface area contributed by atoms with Gasteiger partial charge in [-0.15, -0.1) is 0 Å². The third kappa shape index (κ3) is 2.01. The second kappa shape index (κ2) is 3.21. The minimum atomic E-state index is -1.22. The minimum Gasteiger partial charge on any atom is -0.475 e. The van der Waals surface area contributed by atoms with E-state index < -0.39 is 5.97 Å². The molecule has 0 amide bonds. The van der Waals surface area contributed by atoms with Gasteiger partial charge < -0.3 is 15.7 Å². The summed E-state index contributed by atoms with van der Waals surface area (Å²) in [7, 11) is 3.36. The number of carboxylic acid groups (broad SMARTS) is 1. The number of aromatic nitrogens is 3. The number of anilines is 2. The van der Waals surface area contributed by atoms with Crippen LogP contribution in [-0.4, -0.2) is 40.1 Å². The Hall–Kier alpha value is -1.92. The Morgan fingerprint density at radius 3 is 2.46 bits per heavy atom. The number of hydrogen-bond donors (Lipinski definition) is 2. The molecule has 1 aromatic rings. The van der Waals surface area contributed by atoms with Crippen molar-refractivity contribution < 1.29 is 9.90 Å². The molecule has 7 heteroatoms. The van der Waals surface area contributed by atoms with Crippen molar-refractivity contribution in [3.05, 3.63) is 5.82 Å². The van der Waals surface area contributed by atoms with Crippen molar-refractivity contribution in [3.63, 3.8) is 0 Å². The molecule has 0 bridgehead atoms. The van der Waals surface area contributed by atoms with E-state index in [1.54, 1.807) is 19.0 Å². The molecular formula is C6H9N5O2. The molecule has 0 aliphatic heterocycles. The molecule has 0 fully saturated rings. The Bertz CT molecular complexity index is 338. The monoisotopic (exact) mass is 183 g/mol. The van der Waals surface area contributed by atoms with E-state index in [1.807, 2.05) is 0 Å². The zero-order valence-corrected chi connectivity index (χ0v) is 7.22. The smallest absolute Gasteiger partial charge is 0.374 e. The van der Waals surface area contributed by atoms with Crippen molar-refractivity contribution in [2.75, 3.05) is 24.7 Å². The van der Waals surface area contributed by atoms with E-state index in [0.717, 1.165) is 0 Å². The van der Waals surface area contributed by atoms with Gasteiger partial charge in [0.1, 0.15) is 0 Å². The Balaban J connectivity index is 3.19. The van der Waals surface area contributed by atoms with Crippen LogP contribution in [-0.2, 0) is 0 Å². The minimum absolute atomic E-state index is 0.101. The summed E-state index contributed by atoms with van der Waals surface area (Å²) in [6.45, 7) is 0. The maximum absolute atomic E-state index is 10.5. The number of carbonyl (C=O) groups is 1. The number of aromatic carboxylic acids is 1. The molecule has 0 saturated heterocycles. The molecule has 0 radical (unpaired) electrons. The van der Waals surface area contributed by atoms with Crippen molar-refractivity contribution in [1.29, 1.82) is 0 Å². The summed E-state index contributed by atoms with van der Waals surface area (Å²) in [5, 5.41) is 8.59. The molecule has 0 aromatic carbocycles. The van der Waals surface area contributed by atoms with Crippen molar-refractivity contribution >= 4 is 17.9 Å². The zero-order valence-electron chi connectivity index (χ0n) is 7.22. The van der Waals surface area contributed by atoms with Gasteiger partial charge in [0.05, 0.1) is 0 Å². The first-order valence-corrected chi connectivity index (χ1v) is 3.43. The SMILES string of the molecule is CN(C)c1nc(N)nc(C(=O)O)n1. The van der Waals surface area contributed by atoms with Gasteiger partial charge >= 0.3 is 5.97 Å². The van der Waals surface area contributed by atoms with Crippen LogP contribution in [0.1, 0.15) is 10.6 Å². The highest BCUT2D eigenvalue weighted by molar-refractivity contribution is 5.83. The molecule has 0 saturated carbocycles. The van der Waals surface area contributed by atoms with Crippen molar-refractivity contribution in [1.82, 2.24) is 15.0 Å². The van der Waals surface area contributed by atoms with Crippen molar-refractivity contribution in [2.45, 2.75) is 0 Å². The van der Waals surface area contributed by atoms with Gasteiger partial charge in [-0.2, -0.15) is 15.0 Å². The molecule has 1 rings (SSSR count). The first-order chi connectivity index (χ1) is 6.00. The summed E-state index contributed by atoms with van der Waals surface area (Å²) in [5.41, 5.74) is 5.28. The lowest BCUT2D eigenvalue weighted by Gasteiger charge is -2.09. The van der Waals surface area contributed by atoms with Gasteiger partial charge in [0.25, 0.3) is 0 Å². The molecule has 0 atom stereocenters. The summed E-state index contributed by atoms with van der Waals surface area (Å²) in [6, 6.07) is 0. The number of hydrogen-bond acceptors (Lipinski definition) is 6. The summed E-state index contributed by atoms with van der Waals surface area (Å²) in [5.74, 6) is -1.45. The van der Waals surface area contributed by atoms with Crippen LogP contribution in [0.15, 0.2) is 0 Å². The van der Waals surface area contributed by atoms with E-state index in [2.05, 4.69) is 15.0 Å². The fraction of sp³-hybridized carbons (Fsp3) is 0.333. The second-order valence-electron chi connectivity index (χ2n) is 2.52. The van der Waals surface area contributed by atoms with E-state index in [0.29, 0.717) is 0 Å². The van der Waals surface area contributed by atoms with Gasteiger partial charge in [-0.25, -0.2) is 4.79 Å². The van der Waals surface area contributed by atoms with Crippen molar-refractivity contribution in [3.8, 4) is 0 Å². The number of nitrogens with two attached hydrogens (primary N) is 1. The zero-order chi connectivity index (χ0) is 10.0. The maximum Gasteiger partial charge on any atom is 0.374 e. The summed E-state index contributed by atoms with van der Waals surface area (Å²) >= 11 is 0. The Morgan fingerprint density at radius 2 is 2.00 bits per heavy atom. The topological polar surface area (TPSA) is 105 Å². The van der Waals surface area contributed by atoms with Crippen LogP contribution in [0, 0.1) is 0 Å². The van der Waals surface area contributed by atoms with Gasteiger partial charge in [-0.3, -0.25) is 0 Å². The van der Waals surface area contributed by atoms with Gasteiger partial charge in [0.15, 0.2) is 0 Å². The lowest BCUT2D eigenvalue weighted by atomic mass is 10.6. The molecule has 0 unspecified atom stereocenters. The largest absolute Gasteiger partial charge is 0.475 e. The molecule has 13 heavy (non-hydrogen) atoms. The molecule has 0 aliphatic carbocycles. The van der Waals surface area contributed by atoms with E-state index in [9.17, 15) is 4.79 Å². The summed E-state index contributed by atoms with van der Waals surface area (Å²) in [6.07, 6.45) is 0. The first-order valence-electron chi connectivity index (χ1n) is 3.43. The first kappa shape index (κ1) is 9.17. The standard InChI is InChI=1S/C6H9N5O2/c1-11(2)6-9-3(4(12)13)8-5(7)10-6/h1-2H3,(H,12,13)(H2,7,8,9,10). The second-order valence-corrected chi connectivity index (χ2v) is 2.52. The third-order valence-corrected chi connectivity index (χ3v) is 1.23. The molecule has 1 heterocycles. The van der Waals surface area contributed by atoms with E-state index in [-0.39, 0.29) is 17.7 Å². The average Bonchev–Trinajstić information content (AvgIpc) is 2.03. The number of rotatable bonds is 2. The van der Waals surface area contributed by atoms with Crippen LogP contribution in [0.4, 0.5) is 11.9 Å². The molecular weight excluding hydrogens is 174 g/mol. The van der Waals surface area contributed by atoms with Crippen LogP contribution < -0.4 is 10.6 Å². The van der Waals surface area contributed by atoms with Gasteiger partial charge in [-0.1, -0.05) is 0 Å². The molecule has 3 N–H and O–H groups in total. The molecule has 0 spiro atoms. The van der Waals surface area contributed by atoms with Crippen LogP contribution in [0.3, 0.4) is 0 Å². The molecule has 1 aromatic heterocycles. The predicted octanol–water partition coefficient (Wildman–Crippen LogP) is -0.782. The predicted molar refractivity (Wildman–Crippen MR) is 45.5 cm³/mol. The Labute approximate surface area is 74.2 Å². The van der Waals surface area contributed by atoms with Gasteiger partial charge in [0, 0.05) is 14.1 Å². The van der Waals surface area contributed by atoms with Crippen LogP contribution >= 0.6 is 0 Å². The lowest BCUT2D eigenvalue weighted by molar-refractivity contribution is 0.0683. The summed E-state index contributed by atoms with van der Waals surface area (Å²) in [4.78, 5) is 22.9. The van der Waals surface area contributed by atoms with E-state index >= 15 is 0 Å². The Morgan fingerprint density at radius 1 is 1.38 bits per heavy atom. The number of nitrogen functional groups attached to an aromatic ring is 1. The maximum atomic E-state index is 10.5. The van der Waals surface area contributed by atoms with E-state index in [4.69, 9.17) is 10.8 Å². The molecule has 70 valence electrons. The molecule has 0 aliphatic rings. The number of carboxylic acids is 1. The molecule has 7 nitrogen and oxygen atoms in total. The van der Waals surface area contributed by atoms with Crippen LogP contribution in [0.2, 0.25) is 0 Å². The van der Waals surface area contributed by atoms with Crippen LogP contribution in [0.25, 0.3) is 0 Å². The third-order valence-electron chi connectivity index (χ3n) is 1.23. The van der Waals surface area contributed by atoms with Crippen molar-refractivity contribution in [2.24, 2.45) is 0 Å². The highest BCUT2D eigenvalue weighted by Gasteiger charge is 2.11. The Kier molecular flexibility index (Phi) is 2.27. The average molecular weight is 183 g/mol. The lowest BCUT2D eigenvalue weighted by Crippen LogP contribution is -2.17. The quantitative estimate of drug-likeness (QED) is 0.619. The van der Waals surface area contributed by atoms with Crippen LogP contribution in [0.5, 0.6) is 0 Å². The normalized spacial score (nSPS) is 9.69.